The fraction of sp³-hybridized carbons (Fsp3) is 0.176. The summed E-state index contributed by atoms with van der Waals surface area (Å²) in [4.78, 5) is 25.8. The Hall–Kier alpha value is -2.27. The molecule has 112 valence electrons. The number of nitrogens with one attached hydrogen (secondary N) is 1. The Labute approximate surface area is 133 Å². The first-order chi connectivity index (χ1) is 10.6. The van der Waals surface area contributed by atoms with Crippen molar-refractivity contribution in [3.8, 4) is 0 Å². The molecule has 1 heterocycles. The molecule has 1 aliphatic rings. The molecule has 2 aromatic carbocycles. The Morgan fingerprint density at radius 2 is 1.86 bits per heavy atom. The van der Waals surface area contributed by atoms with Crippen LogP contribution in [0.3, 0.4) is 0 Å². The predicted octanol–water partition coefficient (Wildman–Crippen LogP) is 3.63. The number of imide groups is 1. The average Bonchev–Trinajstić information content (AvgIpc) is 2.76. The van der Waals surface area contributed by atoms with Crippen molar-refractivity contribution in [2.75, 3.05) is 5.32 Å². The van der Waals surface area contributed by atoms with Gasteiger partial charge >= 0.3 is 0 Å². The van der Waals surface area contributed by atoms with E-state index >= 15 is 0 Å². The third kappa shape index (κ3) is 3.14. The minimum Gasteiger partial charge on any atom is -0.365 e. The van der Waals surface area contributed by atoms with E-state index in [-0.39, 0.29) is 11.1 Å². The van der Waals surface area contributed by atoms with Crippen molar-refractivity contribution in [1.29, 1.82) is 0 Å². The quantitative estimate of drug-likeness (QED) is 0.936. The smallest absolute Gasteiger partial charge is 0.291 e. The highest BCUT2D eigenvalue weighted by molar-refractivity contribution is 8.15. The molecule has 0 radical (unpaired) electrons. The molecule has 1 aliphatic heterocycles. The fourth-order valence-electron chi connectivity index (χ4n) is 2.33. The second-order valence-electron chi connectivity index (χ2n) is 5.19. The molecule has 1 N–H and O–H groups in total. The molecule has 1 fully saturated rings. The highest BCUT2D eigenvalue weighted by Crippen LogP contribution is 2.29. The van der Waals surface area contributed by atoms with E-state index in [9.17, 15) is 9.59 Å². The van der Waals surface area contributed by atoms with Crippen molar-refractivity contribution in [3.05, 3.63) is 65.7 Å². The number of carbonyl (C=O) groups is 2. The lowest BCUT2D eigenvalue weighted by molar-refractivity contribution is -0.126. The number of hydrogen-bond acceptors (Lipinski definition) is 4. The molecule has 0 aliphatic carbocycles. The molecule has 3 rings (SSSR count). The van der Waals surface area contributed by atoms with Crippen LogP contribution >= 0.6 is 11.8 Å². The minimum atomic E-state index is -0.557. The van der Waals surface area contributed by atoms with Gasteiger partial charge in [-0.2, -0.15) is 0 Å². The predicted molar refractivity (Wildman–Crippen MR) is 88.6 cm³/mol. The zero-order valence-corrected chi connectivity index (χ0v) is 13.0. The van der Waals surface area contributed by atoms with Crippen molar-refractivity contribution < 1.29 is 9.59 Å². The third-order valence-electron chi connectivity index (χ3n) is 3.43. The summed E-state index contributed by atoms with van der Waals surface area (Å²) in [6.07, 6.45) is 0. The lowest BCUT2D eigenvalue weighted by atomic mass is 10.2. The Kier molecular flexibility index (Phi) is 4.15. The molecule has 22 heavy (non-hydrogen) atoms. The van der Waals surface area contributed by atoms with Crippen LogP contribution in [0, 0.1) is 6.92 Å². The van der Waals surface area contributed by atoms with Crippen molar-refractivity contribution in [2.24, 2.45) is 0 Å². The Morgan fingerprint density at radius 1 is 1.09 bits per heavy atom. The molecule has 0 bridgehead atoms. The summed E-state index contributed by atoms with van der Waals surface area (Å²) in [5, 5.41) is 2.36. The highest BCUT2D eigenvalue weighted by Gasteiger charge is 2.39. The normalized spacial score (nSPS) is 17.9. The van der Waals surface area contributed by atoms with E-state index in [0.29, 0.717) is 6.54 Å². The number of benzene rings is 2. The van der Waals surface area contributed by atoms with E-state index in [0.717, 1.165) is 28.6 Å². The van der Waals surface area contributed by atoms with E-state index in [1.54, 1.807) is 0 Å². The molecule has 1 atom stereocenters. The number of carbonyl (C=O) groups excluding carboxylic acids is 2. The van der Waals surface area contributed by atoms with Crippen LogP contribution in [-0.4, -0.2) is 21.4 Å². The summed E-state index contributed by atoms with van der Waals surface area (Å²) in [5.74, 6) is -0.194. The number of amides is 2. The van der Waals surface area contributed by atoms with Gasteiger partial charge in [0, 0.05) is 5.69 Å². The zero-order valence-electron chi connectivity index (χ0n) is 12.2. The Morgan fingerprint density at radius 3 is 2.59 bits per heavy atom. The first-order valence-corrected chi connectivity index (χ1v) is 7.90. The summed E-state index contributed by atoms with van der Waals surface area (Å²) in [5.41, 5.74) is 2.90. The summed E-state index contributed by atoms with van der Waals surface area (Å²) >= 11 is 1.03. The van der Waals surface area contributed by atoms with Crippen LogP contribution in [0.15, 0.2) is 54.6 Å². The van der Waals surface area contributed by atoms with Gasteiger partial charge in [-0.25, -0.2) is 0 Å². The van der Waals surface area contributed by atoms with Crippen LogP contribution in [0.2, 0.25) is 0 Å². The Bertz CT molecular complexity index is 703. The lowest BCUT2D eigenvalue weighted by Crippen LogP contribution is -2.33. The van der Waals surface area contributed by atoms with E-state index in [1.165, 1.54) is 4.90 Å². The molecule has 0 saturated carbocycles. The van der Waals surface area contributed by atoms with Gasteiger partial charge in [-0.05, 0) is 41.9 Å². The van der Waals surface area contributed by atoms with Gasteiger partial charge in [0.25, 0.3) is 11.1 Å². The van der Waals surface area contributed by atoms with Gasteiger partial charge in [0.2, 0.25) is 0 Å². The molecular weight excluding hydrogens is 296 g/mol. The third-order valence-corrected chi connectivity index (χ3v) is 4.41. The van der Waals surface area contributed by atoms with Gasteiger partial charge in [0.15, 0.2) is 5.37 Å². The van der Waals surface area contributed by atoms with Crippen molar-refractivity contribution in [2.45, 2.75) is 18.8 Å². The molecular formula is C17H16N2O2S. The van der Waals surface area contributed by atoms with E-state index in [1.807, 2.05) is 61.5 Å². The van der Waals surface area contributed by atoms with Crippen LogP contribution in [-0.2, 0) is 11.3 Å². The van der Waals surface area contributed by atoms with Gasteiger partial charge in [0.1, 0.15) is 0 Å². The zero-order chi connectivity index (χ0) is 15.5. The Balaban J connectivity index is 1.71. The van der Waals surface area contributed by atoms with Crippen LogP contribution in [0.25, 0.3) is 0 Å². The standard InChI is InChI=1S/C17H16N2O2S/c1-12-6-5-9-14(10-12)18-15-16(20)19(17(21)22-15)11-13-7-3-2-4-8-13/h2-10,15,18H,11H2,1H3/t15-/m1/s1. The van der Waals surface area contributed by atoms with E-state index in [2.05, 4.69) is 5.32 Å². The van der Waals surface area contributed by atoms with Crippen molar-refractivity contribution >= 4 is 28.6 Å². The maximum Gasteiger partial charge on any atom is 0.291 e. The number of aryl methyl sites for hydroxylation is 1. The summed E-state index contributed by atoms with van der Waals surface area (Å²) in [6, 6.07) is 17.3. The minimum absolute atomic E-state index is 0.194. The number of anilines is 1. The molecule has 0 aromatic heterocycles. The molecule has 0 unspecified atom stereocenters. The lowest BCUT2D eigenvalue weighted by Gasteiger charge is -2.15. The van der Waals surface area contributed by atoms with Gasteiger partial charge < -0.3 is 5.32 Å². The molecule has 2 amide bonds. The first-order valence-electron chi connectivity index (χ1n) is 7.02. The van der Waals surface area contributed by atoms with Gasteiger partial charge in [0.05, 0.1) is 6.54 Å². The SMILES string of the molecule is Cc1cccc(N[C@@H]2SC(=O)N(Cc3ccccc3)C2=O)c1. The van der Waals surface area contributed by atoms with E-state index in [4.69, 9.17) is 0 Å². The number of nitrogens with zero attached hydrogens (tertiary/aromatic N) is 1. The second kappa shape index (κ2) is 6.23. The van der Waals surface area contributed by atoms with Crippen LogP contribution in [0.1, 0.15) is 11.1 Å². The molecule has 5 heteroatoms. The van der Waals surface area contributed by atoms with Gasteiger partial charge in [-0.1, -0.05) is 42.5 Å². The maximum absolute atomic E-state index is 12.4. The largest absolute Gasteiger partial charge is 0.365 e. The monoisotopic (exact) mass is 312 g/mol. The fourth-order valence-corrected chi connectivity index (χ4v) is 3.24. The number of rotatable bonds is 4. The van der Waals surface area contributed by atoms with Gasteiger partial charge in [-0.3, -0.25) is 14.5 Å². The maximum atomic E-state index is 12.4. The highest BCUT2D eigenvalue weighted by atomic mass is 32.2. The van der Waals surface area contributed by atoms with E-state index < -0.39 is 5.37 Å². The summed E-state index contributed by atoms with van der Waals surface area (Å²) in [7, 11) is 0. The van der Waals surface area contributed by atoms with Crippen LogP contribution in [0.5, 0.6) is 0 Å². The summed E-state index contributed by atoms with van der Waals surface area (Å²) < 4.78 is 0. The molecule has 2 aromatic rings. The summed E-state index contributed by atoms with van der Waals surface area (Å²) in [6.45, 7) is 2.30. The second-order valence-corrected chi connectivity index (χ2v) is 6.24. The first kappa shape index (κ1) is 14.7. The average molecular weight is 312 g/mol. The van der Waals surface area contributed by atoms with Crippen LogP contribution in [0.4, 0.5) is 10.5 Å². The topological polar surface area (TPSA) is 49.4 Å². The molecule has 0 spiro atoms. The van der Waals surface area contributed by atoms with Gasteiger partial charge in [-0.15, -0.1) is 0 Å². The number of hydrogen-bond donors (Lipinski definition) is 1. The number of thioether (sulfide) groups is 1. The van der Waals surface area contributed by atoms with Crippen LogP contribution < -0.4 is 5.32 Å². The van der Waals surface area contributed by atoms with Crippen molar-refractivity contribution in [3.63, 3.8) is 0 Å². The van der Waals surface area contributed by atoms with Crippen molar-refractivity contribution in [1.82, 2.24) is 4.90 Å². The molecule has 4 nitrogen and oxygen atoms in total. The molecule has 1 saturated heterocycles.